The van der Waals surface area contributed by atoms with Gasteiger partial charge in [-0.05, 0) is 82.2 Å². The number of ether oxygens (including phenoxy) is 2. The standard InChI is InChI=1S/C37H44F2N6O6S/c38-28-17-24(1-2-27(28)35(47)41-30-3-4-33(46)43-36(30)48)45-13-7-23(8-14-45)44-11-5-22(6-12-44)20-51-25-18-29(39)34-31(19-25)40-32(42-37(34)49)21-52-26-9-15-50-16-10-26/h1-2,17-19,22-23,26,30H,3-16,20-21H2,(H,41,47)(H,40,42,49)(H,43,46,48). The number of hydrogen-bond donors (Lipinski definition) is 3. The van der Waals surface area contributed by atoms with Crippen LogP contribution in [-0.4, -0.2) is 95.9 Å². The molecule has 3 aromatic rings. The lowest BCUT2D eigenvalue weighted by Gasteiger charge is -2.42. The number of likely N-dealkylation sites (tertiary alicyclic amines) is 1. The van der Waals surface area contributed by atoms with Crippen LogP contribution in [0.5, 0.6) is 5.75 Å². The molecule has 0 spiro atoms. The largest absolute Gasteiger partial charge is 0.493 e. The Balaban J connectivity index is 0.864. The van der Waals surface area contributed by atoms with E-state index in [0.717, 1.165) is 77.9 Å². The Labute approximate surface area is 304 Å². The minimum Gasteiger partial charge on any atom is -0.493 e. The van der Waals surface area contributed by atoms with Crippen molar-refractivity contribution in [3.63, 3.8) is 0 Å². The number of thioether (sulfide) groups is 1. The van der Waals surface area contributed by atoms with Crippen LogP contribution in [-0.2, 0) is 20.1 Å². The zero-order valence-corrected chi connectivity index (χ0v) is 29.8. The maximum Gasteiger partial charge on any atom is 0.261 e. The molecule has 12 nitrogen and oxygen atoms in total. The van der Waals surface area contributed by atoms with Gasteiger partial charge in [-0.15, -0.1) is 0 Å². The second-order valence-electron chi connectivity index (χ2n) is 14.1. The van der Waals surface area contributed by atoms with Crippen molar-refractivity contribution in [2.75, 3.05) is 50.9 Å². The van der Waals surface area contributed by atoms with Crippen LogP contribution in [0, 0.1) is 17.6 Å². The molecule has 3 N–H and O–H groups in total. The van der Waals surface area contributed by atoms with Crippen molar-refractivity contribution in [1.29, 1.82) is 0 Å². The van der Waals surface area contributed by atoms with Crippen molar-refractivity contribution in [1.82, 2.24) is 25.5 Å². The van der Waals surface area contributed by atoms with E-state index in [1.54, 1.807) is 23.9 Å². The number of carbonyl (C=O) groups excluding carboxylic acids is 3. The predicted molar refractivity (Wildman–Crippen MR) is 193 cm³/mol. The van der Waals surface area contributed by atoms with Crippen LogP contribution in [0.1, 0.15) is 67.5 Å². The summed E-state index contributed by atoms with van der Waals surface area (Å²) in [4.78, 5) is 60.7. The molecule has 4 fully saturated rings. The summed E-state index contributed by atoms with van der Waals surface area (Å²) in [6.45, 7) is 5.33. The first-order chi connectivity index (χ1) is 25.2. The first-order valence-corrected chi connectivity index (χ1v) is 19.2. The predicted octanol–water partition coefficient (Wildman–Crippen LogP) is 3.91. The number of anilines is 1. The Bertz CT molecular complexity index is 1860. The van der Waals surface area contributed by atoms with Crippen LogP contribution in [0.4, 0.5) is 14.5 Å². The van der Waals surface area contributed by atoms with Gasteiger partial charge in [-0.1, -0.05) is 0 Å². The van der Waals surface area contributed by atoms with Crippen LogP contribution in [0.25, 0.3) is 10.9 Å². The summed E-state index contributed by atoms with van der Waals surface area (Å²) in [7, 11) is 0. The molecule has 278 valence electrons. The number of nitrogens with one attached hydrogen (secondary N) is 3. The summed E-state index contributed by atoms with van der Waals surface area (Å²) in [5.41, 5.74) is 0.390. The summed E-state index contributed by atoms with van der Waals surface area (Å²) in [5, 5.41) is 5.12. The van der Waals surface area contributed by atoms with Gasteiger partial charge in [-0.2, -0.15) is 11.8 Å². The van der Waals surface area contributed by atoms with Gasteiger partial charge in [0.1, 0.15) is 34.6 Å². The number of imide groups is 1. The number of benzene rings is 2. The lowest BCUT2D eigenvalue weighted by Crippen LogP contribution is -2.52. The average Bonchev–Trinajstić information content (AvgIpc) is 3.14. The van der Waals surface area contributed by atoms with Gasteiger partial charge >= 0.3 is 0 Å². The van der Waals surface area contributed by atoms with Crippen molar-refractivity contribution >= 4 is 46.1 Å². The van der Waals surface area contributed by atoms with E-state index >= 15 is 8.78 Å². The van der Waals surface area contributed by atoms with E-state index in [2.05, 4.69) is 30.4 Å². The third-order valence-electron chi connectivity index (χ3n) is 10.6. The molecule has 0 saturated carbocycles. The van der Waals surface area contributed by atoms with E-state index in [1.165, 1.54) is 18.2 Å². The Morgan fingerprint density at radius 2 is 1.73 bits per heavy atom. The minimum absolute atomic E-state index is 0.0527. The fourth-order valence-electron chi connectivity index (χ4n) is 7.58. The fourth-order valence-corrected chi connectivity index (χ4v) is 8.64. The van der Waals surface area contributed by atoms with Crippen molar-refractivity contribution in [3.8, 4) is 5.75 Å². The van der Waals surface area contributed by atoms with Gasteiger partial charge in [0, 0.05) is 61.8 Å². The number of amides is 3. The Kier molecular flexibility index (Phi) is 11.4. The van der Waals surface area contributed by atoms with Crippen molar-refractivity contribution < 1.29 is 32.6 Å². The number of halogens is 2. The van der Waals surface area contributed by atoms with E-state index in [1.807, 2.05) is 0 Å². The van der Waals surface area contributed by atoms with E-state index < -0.39 is 35.0 Å². The molecule has 4 aliphatic rings. The summed E-state index contributed by atoms with van der Waals surface area (Å²) >= 11 is 1.73. The van der Waals surface area contributed by atoms with E-state index in [9.17, 15) is 19.2 Å². The van der Waals surface area contributed by atoms with Gasteiger partial charge in [0.05, 0.1) is 23.4 Å². The van der Waals surface area contributed by atoms with Crippen LogP contribution in [0.2, 0.25) is 0 Å². The first-order valence-electron chi connectivity index (χ1n) is 18.2. The normalized spacial score (nSPS) is 21.3. The summed E-state index contributed by atoms with van der Waals surface area (Å²) in [6.07, 6.45) is 6.00. The lowest BCUT2D eigenvalue weighted by molar-refractivity contribution is -0.134. The Morgan fingerprint density at radius 3 is 2.46 bits per heavy atom. The summed E-state index contributed by atoms with van der Waals surface area (Å²) < 4.78 is 41.6. The molecule has 7 rings (SSSR count). The zero-order chi connectivity index (χ0) is 36.2. The second kappa shape index (κ2) is 16.3. The SMILES string of the molecule is O=C1CCC(NC(=O)c2ccc(N3CCC(N4CCC(COc5cc(F)c6c(=O)[nH]c(CSC7CCOCC7)nc6c5)CC4)CC3)cc2F)C(=O)N1. The number of piperidine rings is 3. The third-order valence-corrected chi connectivity index (χ3v) is 12.0. The molecule has 52 heavy (non-hydrogen) atoms. The number of nitrogens with zero attached hydrogens (tertiary/aromatic N) is 3. The van der Waals surface area contributed by atoms with Gasteiger partial charge in [0.25, 0.3) is 11.5 Å². The maximum atomic E-state index is 15.1. The van der Waals surface area contributed by atoms with Gasteiger partial charge in [-0.25, -0.2) is 13.8 Å². The third kappa shape index (κ3) is 8.58. The number of aromatic amines is 1. The highest BCUT2D eigenvalue weighted by molar-refractivity contribution is 7.99. The average molecular weight is 739 g/mol. The number of fused-ring (bicyclic) bond motifs is 1. The number of carbonyl (C=O) groups is 3. The minimum atomic E-state index is -0.869. The Hall–Kier alpha value is -4.08. The molecule has 15 heteroatoms. The molecule has 3 amide bonds. The summed E-state index contributed by atoms with van der Waals surface area (Å²) in [5.74, 6) is -1.18. The molecule has 0 bridgehead atoms. The van der Waals surface area contributed by atoms with Gasteiger partial charge in [0.2, 0.25) is 11.8 Å². The topological polar surface area (TPSA) is 146 Å². The lowest BCUT2D eigenvalue weighted by atomic mass is 9.94. The van der Waals surface area contributed by atoms with Gasteiger partial charge in [-0.3, -0.25) is 24.5 Å². The number of hydrogen-bond acceptors (Lipinski definition) is 10. The molecule has 1 atom stereocenters. The Morgan fingerprint density at radius 1 is 0.962 bits per heavy atom. The highest BCUT2D eigenvalue weighted by atomic mass is 32.2. The van der Waals surface area contributed by atoms with Crippen molar-refractivity contribution in [2.45, 2.75) is 74.5 Å². The molecular weight excluding hydrogens is 695 g/mol. The molecule has 4 saturated heterocycles. The number of rotatable bonds is 10. The molecular formula is C37H44F2N6O6S. The van der Waals surface area contributed by atoms with Crippen LogP contribution < -0.4 is 25.8 Å². The van der Waals surface area contributed by atoms with Crippen LogP contribution in [0.3, 0.4) is 0 Å². The van der Waals surface area contributed by atoms with E-state index in [-0.39, 0.29) is 29.7 Å². The first kappa shape index (κ1) is 36.3. The molecule has 0 radical (unpaired) electrons. The van der Waals surface area contributed by atoms with E-state index in [0.29, 0.717) is 52.3 Å². The number of aromatic nitrogens is 2. The highest BCUT2D eigenvalue weighted by Crippen LogP contribution is 2.30. The van der Waals surface area contributed by atoms with Crippen molar-refractivity contribution in [2.24, 2.45) is 5.92 Å². The maximum absolute atomic E-state index is 15.1. The van der Waals surface area contributed by atoms with Crippen molar-refractivity contribution in [3.05, 3.63) is 63.7 Å². The zero-order valence-electron chi connectivity index (χ0n) is 29.0. The highest BCUT2D eigenvalue weighted by Gasteiger charge is 2.31. The fraction of sp³-hybridized carbons (Fsp3) is 0.541. The molecule has 1 unspecified atom stereocenters. The van der Waals surface area contributed by atoms with Gasteiger partial charge in [0.15, 0.2) is 0 Å². The van der Waals surface area contributed by atoms with E-state index in [4.69, 9.17) is 9.47 Å². The van der Waals surface area contributed by atoms with Crippen LogP contribution in [0.15, 0.2) is 35.1 Å². The molecule has 2 aromatic carbocycles. The molecule has 1 aromatic heterocycles. The molecule has 5 heterocycles. The van der Waals surface area contributed by atoms with Crippen LogP contribution >= 0.6 is 11.8 Å². The monoisotopic (exact) mass is 738 g/mol. The smallest absolute Gasteiger partial charge is 0.261 e. The number of H-pyrrole nitrogens is 1. The molecule has 0 aliphatic carbocycles. The van der Waals surface area contributed by atoms with Gasteiger partial charge < -0.3 is 29.6 Å². The summed E-state index contributed by atoms with van der Waals surface area (Å²) in [6, 6.07) is 7.02. The molecule has 4 aliphatic heterocycles. The quantitative estimate of drug-likeness (QED) is 0.262. The second-order valence-corrected chi connectivity index (χ2v) is 15.4.